The molecule has 29 heavy (non-hydrogen) atoms. The van der Waals surface area contributed by atoms with E-state index in [4.69, 9.17) is 4.74 Å². The predicted octanol–water partition coefficient (Wildman–Crippen LogP) is 2.53. The molecule has 1 fully saturated rings. The van der Waals surface area contributed by atoms with Crippen LogP contribution in [0.5, 0.6) is 5.75 Å². The standard InChI is InChI=1S/C22H24N4O3/c1-14-9-17(24-21(27)10-15-3-5-18(29-2)6-4-15)13-26(14)22(28)20-11-16-12-23-8-7-19(16)25-20/h3-8,11-12,14,17,25H,9-10,13H2,1-2H3,(H,24,27). The molecule has 4 rings (SSSR count). The van der Waals surface area contributed by atoms with Gasteiger partial charge in [0, 0.05) is 41.9 Å². The Morgan fingerprint density at radius 2 is 2.07 bits per heavy atom. The SMILES string of the molecule is COc1ccc(CC(=O)NC2CC(C)N(C(=O)c3cc4cnccc4[nH]3)C2)cc1. The van der Waals surface area contributed by atoms with E-state index < -0.39 is 0 Å². The van der Waals surface area contributed by atoms with Crippen LogP contribution in [-0.4, -0.2) is 52.4 Å². The third kappa shape index (κ3) is 4.08. The molecule has 150 valence electrons. The number of benzene rings is 1. The van der Waals surface area contributed by atoms with Crippen molar-refractivity contribution >= 4 is 22.7 Å². The van der Waals surface area contributed by atoms with Crippen molar-refractivity contribution in [2.45, 2.75) is 31.8 Å². The molecule has 0 spiro atoms. The van der Waals surface area contributed by atoms with Crippen molar-refractivity contribution in [2.75, 3.05) is 13.7 Å². The first-order valence-electron chi connectivity index (χ1n) is 9.69. The molecule has 3 aromatic rings. The van der Waals surface area contributed by atoms with Crippen LogP contribution in [-0.2, 0) is 11.2 Å². The molecule has 2 aromatic heterocycles. The number of amides is 2. The molecule has 1 saturated heterocycles. The van der Waals surface area contributed by atoms with Crippen LogP contribution in [0.15, 0.2) is 48.8 Å². The van der Waals surface area contributed by atoms with E-state index in [-0.39, 0.29) is 23.9 Å². The van der Waals surface area contributed by atoms with Crippen molar-refractivity contribution in [1.82, 2.24) is 20.2 Å². The number of nitrogens with one attached hydrogen (secondary N) is 2. The summed E-state index contributed by atoms with van der Waals surface area (Å²) in [4.78, 5) is 34.5. The second-order valence-electron chi connectivity index (χ2n) is 7.48. The smallest absolute Gasteiger partial charge is 0.270 e. The van der Waals surface area contributed by atoms with Gasteiger partial charge in [0.1, 0.15) is 11.4 Å². The number of fused-ring (bicyclic) bond motifs is 1. The van der Waals surface area contributed by atoms with Gasteiger partial charge >= 0.3 is 0 Å². The molecular formula is C22H24N4O3. The Kier molecular flexibility index (Phi) is 5.20. The van der Waals surface area contributed by atoms with Gasteiger partial charge in [-0.25, -0.2) is 0 Å². The first kappa shape index (κ1) is 19.0. The second-order valence-corrected chi connectivity index (χ2v) is 7.48. The Morgan fingerprint density at radius 3 is 2.79 bits per heavy atom. The molecule has 2 amide bonds. The Labute approximate surface area is 169 Å². The van der Waals surface area contributed by atoms with E-state index in [1.54, 1.807) is 19.5 Å². The van der Waals surface area contributed by atoms with Crippen molar-refractivity contribution in [2.24, 2.45) is 0 Å². The van der Waals surface area contributed by atoms with Gasteiger partial charge in [0.25, 0.3) is 5.91 Å². The van der Waals surface area contributed by atoms with Crippen molar-refractivity contribution in [3.63, 3.8) is 0 Å². The first-order valence-corrected chi connectivity index (χ1v) is 9.69. The fourth-order valence-electron chi connectivity index (χ4n) is 3.87. The molecule has 0 bridgehead atoms. The molecule has 2 unspecified atom stereocenters. The minimum atomic E-state index is -0.0550. The van der Waals surface area contributed by atoms with E-state index in [1.165, 1.54) is 0 Å². The van der Waals surface area contributed by atoms with E-state index in [9.17, 15) is 9.59 Å². The largest absolute Gasteiger partial charge is 0.497 e. The van der Waals surface area contributed by atoms with Gasteiger partial charge in [-0.05, 0) is 43.2 Å². The number of likely N-dealkylation sites (tertiary alicyclic amines) is 1. The number of nitrogens with zero attached hydrogens (tertiary/aromatic N) is 2. The Hall–Kier alpha value is -3.35. The summed E-state index contributed by atoms with van der Waals surface area (Å²) in [6.45, 7) is 2.51. The number of rotatable bonds is 5. The van der Waals surface area contributed by atoms with Gasteiger partial charge in [-0.15, -0.1) is 0 Å². The number of aromatic amines is 1. The summed E-state index contributed by atoms with van der Waals surface area (Å²) in [5.74, 6) is 0.666. The summed E-state index contributed by atoms with van der Waals surface area (Å²) in [5.41, 5.74) is 2.36. The highest BCUT2D eigenvalue weighted by molar-refractivity contribution is 5.98. The van der Waals surface area contributed by atoms with Gasteiger partial charge in [-0.2, -0.15) is 0 Å². The van der Waals surface area contributed by atoms with Crippen LogP contribution in [0.3, 0.4) is 0 Å². The van der Waals surface area contributed by atoms with E-state index in [1.807, 2.05) is 48.2 Å². The van der Waals surface area contributed by atoms with Crippen LogP contribution in [0, 0.1) is 0 Å². The number of ether oxygens (including phenoxy) is 1. The highest BCUT2D eigenvalue weighted by atomic mass is 16.5. The van der Waals surface area contributed by atoms with Crippen LogP contribution in [0.2, 0.25) is 0 Å². The van der Waals surface area contributed by atoms with Crippen LogP contribution >= 0.6 is 0 Å². The normalized spacial score (nSPS) is 18.8. The fraction of sp³-hybridized carbons (Fsp3) is 0.318. The topological polar surface area (TPSA) is 87.3 Å². The summed E-state index contributed by atoms with van der Waals surface area (Å²) in [5, 5.41) is 3.97. The number of hydrogen-bond acceptors (Lipinski definition) is 4. The lowest BCUT2D eigenvalue weighted by Crippen LogP contribution is -2.39. The zero-order valence-corrected chi connectivity index (χ0v) is 16.5. The molecule has 1 aliphatic rings. The maximum absolute atomic E-state index is 13.0. The lowest BCUT2D eigenvalue weighted by Gasteiger charge is -2.20. The highest BCUT2D eigenvalue weighted by Crippen LogP contribution is 2.22. The molecule has 0 radical (unpaired) electrons. The van der Waals surface area contributed by atoms with Gasteiger partial charge in [0.15, 0.2) is 0 Å². The van der Waals surface area contributed by atoms with Crippen molar-refractivity contribution in [1.29, 1.82) is 0 Å². The highest BCUT2D eigenvalue weighted by Gasteiger charge is 2.34. The zero-order valence-electron chi connectivity index (χ0n) is 16.5. The Balaban J connectivity index is 1.37. The summed E-state index contributed by atoms with van der Waals surface area (Å²) in [6.07, 6.45) is 4.47. The third-order valence-corrected chi connectivity index (χ3v) is 5.38. The Bertz CT molecular complexity index is 995. The predicted molar refractivity (Wildman–Crippen MR) is 110 cm³/mol. The molecule has 1 aliphatic heterocycles. The molecule has 2 N–H and O–H groups in total. The molecule has 7 heteroatoms. The third-order valence-electron chi connectivity index (χ3n) is 5.38. The molecular weight excluding hydrogens is 368 g/mol. The van der Waals surface area contributed by atoms with Crippen molar-refractivity contribution in [3.05, 3.63) is 60.0 Å². The van der Waals surface area contributed by atoms with E-state index in [0.29, 0.717) is 18.7 Å². The summed E-state index contributed by atoms with van der Waals surface area (Å²) in [7, 11) is 1.61. The maximum atomic E-state index is 13.0. The number of pyridine rings is 1. The number of methoxy groups -OCH3 is 1. The number of H-pyrrole nitrogens is 1. The van der Waals surface area contributed by atoms with E-state index in [2.05, 4.69) is 15.3 Å². The summed E-state index contributed by atoms with van der Waals surface area (Å²) < 4.78 is 5.14. The number of aromatic nitrogens is 2. The monoisotopic (exact) mass is 392 g/mol. The molecule has 3 heterocycles. The van der Waals surface area contributed by atoms with E-state index >= 15 is 0 Å². The van der Waals surface area contributed by atoms with Crippen LogP contribution in [0.4, 0.5) is 0 Å². The zero-order chi connectivity index (χ0) is 20.4. The van der Waals surface area contributed by atoms with Crippen molar-refractivity contribution < 1.29 is 14.3 Å². The molecule has 1 aromatic carbocycles. The second kappa shape index (κ2) is 7.95. The minimum Gasteiger partial charge on any atom is -0.497 e. The lowest BCUT2D eigenvalue weighted by atomic mass is 10.1. The molecule has 0 saturated carbocycles. The number of carbonyl (C=O) groups excluding carboxylic acids is 2. The van der Waals surface area contributed by atoms with Crippen LogP contribution in [0.25, 0.3) is 10.9 Å². The van der Waals surface area contributed by atoms with Crippen LogP contribution < -0.4 is 10.1 Å². The van der Waals surface area contributed by atoms with Gasteiger partial charge in [-0.3, -0.25) is 14.6 Å². The number of hydrogen-bond donors (Lipinski definition) is 2. The van der Waals surface area contributed by atoms with Gasteiger partial charge in [0.05, 0.1) is 13.5 Å². The molecule has 2 atom stereocenters. The quantitative estimate of drug-likeness (QED) is 0.699. The Morgan fingerprint density at radius 1 is 1.28 bits per heavy atom. The van der Waals surface area contributed by atoms with Gasteiger partial charge in [0.2, 0.25) is 5.91 Å². The lowest BCUT2D eigenvalue weighted by molar-refractivity contribution is -0.121. The van der Waals surface area contributed by atoms with E-state index in [0.717, 1.165) is 28.6 Å². The van der Waals surface area contributed by atoms with Gasteiger partial charge in [-0.1, -0.05) is 12.1 Å². The van der Waals surface area contributed by atoms with Gasteiger partial charge < -0.3 is 19.9 Å². The average molecular weight is 392 g/mol. The summed E-state index contributed by atoms with van der Waals surface area (Å²) >= 11 is 0. The fourth-order valence-corrected chi connectivity index (χ4v) is 3.87. The number of carbonyl (C=O) groups is 2. The van der Waals surface area contributed by atoms with Crippen molar-refractivity contribution in [3.8, 4) is 5.75 Å². The minimum absolute atomic E-state index is 0.0432. The summed E-state index contributed by atoms with van der Waals surface area (Å²) in [6, 6.07) is 11.1. The average Bonchev–Trinajstić information content (AvgIpc) is 3.31. The molecule has 0 aliphatic carbocycles. The van der Waals surface area contributed by atoms with Crippen LogP contribution in [0.1, 0.15) is 29.4 Å². The molecule has 7 nitrogen and oxygen atoms in total. The first-order chi connectivity index (χ1) is 14.0. The maximum Gasteiger partial charge on any atom is 0.270 e.